The molecule has 0 radical (unpaired) electrons. The summed E-state index contributed by atoms with van der Waals surface area (Å²) in [6.45, 7) is 0. The summed E-state index contributed by atoms with van der Waals surface area (Å²) in [6, 6.07) is 9.45. The highest BCUT2D eigenvalue weighted by molar-refractivity contribution is 7.82. The van der Waals surface area contributed by atoms with E-state index < -0.39 is 5.37 Å². The Bertz CT molecular complexity index is 316. The van der Waals surface area contributed by atoms with Gasteiger partial charge in [0.15, 0.2) is 11.4 Å². The highest BCUT2D eigenvalue weighted by Gasteiger charge is 2.01. The van der Waals surface area contributed by atoms with Crippen LogP contribution in [0.5, 0.6) is 0 Å². The van der Waals surface area contributed by atoms with Crippen molar-refractivity contribution in [3.63, 3.8) is 0 Å². The third-order valence-electron chi connectivity index (χ3n) is 1.44. The van der Waals surface area contributed by atoms with Gasteiger partial charge in [0.05, 0.1) is 0 Å². The summed E-state index contributed by atoms with van der Waals surface area (Å²) in [6.07, 6.45) is 0.669. The molecule has 0 bridgehead atoms. The Morgan fingerprint density at radius 2 is 2.07 bits per heavy atom. The van der Waals surface area contributed by atoms with Gasteiger partial charge in [-0.05, 0) is 24.4 Å². The van der Waals surface area contributed by atoms with E-state index in [1.165, 1.54) is 0 Å². The van der Waals surface area contributed by atoms with Crippen molar-refractivity contribution in [1.82, 2.24) is 5.32 Å². The van der Waals surface area contributed by atoms with E-state index in [2.05, 4.69) is 23.3 Å². The molecular formula is C9H10N2OS2. The van der Waals surface area contributed by atoms with Gasteiger partial charge in [-0.25, -0.2) is 0 Å². The average Bonchev–Trinajstić information content (AvgIpc) is 2.19. The Labute approximate surface area is 93.3 Å². The molecule has 0 aliphatic carbocycles. The van der Waals surface area contributed by atoms with E-state index in [4.69, 9.17) is 12.2 Å². The van der Waals surface area contributed by atoms with E-state index >= 15 is 0 Å². The van der Waals surface area contributed by atoms with Crippen LogP contribution < -0.4 is 10.6 Å². The highest BCUT2D eigenvalue weighted by Crippen LogP contribution is 2.04. The number of nitrogens with one attached hydrogen (secondary N) is 2. The molecule has 0 saturated carbocycles. The van der Waals surface area contributed by atoms with Crippen LogP contribution in [0.1, 0.15) is 0 Å². The monoisotopic (exact) mass is 226 g/mol. The lowest BCUT2D eigenvalue weighted by Crippen LogP contribution is -2.35. The second kappa shape index (κ2) is 5.62. The first-order chi connectivity index (χ1) is 6.72. The zero-order valence-electron chi connectivity index (χ0n) is 7.31. The van der Waals surface area contributed by atoms with Gasteiger partial charge >= 0.3 is 0 Å². The van der Waals surface area contributed by atoms with E-state index in [0.717, 1.165) is 5.69 Å². The minimum absolute atomic E-state index is 0.378. The fraction of sp³-hybridized carbons (Fsp3) is 0.111. The number of carbonyl (C=O) groups excluding carboxylic acids is 1. The molecule has 0 aliphatic heterocycles. The predicted octanol–water partition coefficient (Wildman–Crippen LogP) is 1.43. The molecule has 1 rings (SSSR count). The van der Waals surface area contributed by atoms with Gasteiger partial charge in [0.25, 0.3) is 0 Å². The maximum absolute atomic E-state index is 10.3. The number of thiol groups is 1. The number of thiocarbonyl (C=S) groups is 1. The van der Waals surface area contributed by atoms with E-state index in [0.29, 0.717) is 11.4 Å². The van der Waals surface area contributed by atoms with Gasteiger partial charge in [0.2, 0.25) is 0 Å². The zero-order chi connectivity index (χ0) is 10.4. The first-order valence-corrected chi connectivity index (χ1v) is 4.91. The molecule has 3 nitrogen and oxygen atoms in total. The molecule has 74 valence electrons. The number of carbonyl (C=O) groups is 1. The van der Waals surface area contributed by atoms with Gasteiger partial charge in [-0.1, -0.05) is 18.2 Å². The molecule has 0 saturated heterocycles. The molecule has 1 aromatic carbocycles. The summed E-state index contributed by atoms with van der Waals surface area (Å²) in [4.78, 5) is 10.3. The average molecular weight is 226 g/mol. The molecule has 5 heteroatoms. The maximum Gasteiger partial charge on any atom is 0.171 e. The summed E-state index contributed by atoms with van der Waals surface area (Å²) >= 11 is 8.88. The number of benzene rings is 1. The number of aldehydes is 1. The lowest BCUT2D eigenvalue weighted by molar-refractivity contribution is -0.107. The van der Waals surface area contributed by atoms with Crippen LogP contribution in [-0.4, -0.2) is 16.8 Å². The zero-order valence-corrected chi connectivity index (χ0v) is 9.02. The van der Waals surface area contributed by atoms with Crippen molar-refractivity contribution in [3.05, 3.63) is 30.3 Å². The van der Waals surface area contributed by atoms with Crippen molar-refractivity contribution in [1.29, 1.82) is 0 Å². The van der Waals surface area contributed by atoms with Crippen LogP contribution in [0, 0.1) is 0 Å². The topological polar surface area (TPSA) is 41.1 Å². The number of hydrogen-bond acceptors (Lipinski definition) is 3. The van der Waals surface area contributed by atoms with Gasteiger partial charge in [0, 0.05) is 5.69 Å². The Kier molecular flexibility index (Phi) is 4.42. The first-order valence-electron chi connectivity index (χ1n) is 3.98. The van der Waals surface area contributed by atoms with Crippen LogP contribution >= 0.6 is 24.8 Å². The Hall–Kier alpha value is -1.07. The molecule has 2 N–H and O–H groups in total. The normalized spacial score (nSPS) is 11.5. The molecule has 1 aromatic rings. The van der Waals surface area contributed by atoms with Gasteiger partial charge in [0.1, 0.15) is 5.37 Å². The van der Waals surface area contributed by atoms with E-state index in [-0.39, 0.29) is 0 Å². The number of rotatable bonds is 3. The maximum atomic E-state index is 10.3. The Morgan fingerprint density at radius 1 is 1.43 bits per heavy atom. The summed E-state index contributed by atoms with van der Waals surface area (Å²) in [5.74, 6) is 0. The molecular weight excluding hydrogens is 216 g/mol. The molecule has 1 atom stereocenters. The van der Waals surface area contributed by atoms with Crippen LogP contribution in [0.3, 0.4) is 0 Å². The largest absolute Gasteiger partial charge is 0.344 e. The van der Waals surface area contributed by atoms with Crippen LogP contribution in [-0.2, 0) is 4.79 Å². The summed E-state index contributed by atoms with van der Waals surface area (Å²) in [5.41, 5.74) is 0.872. The quantitative estimate of drug-likeness (QED) is 0.316. The van der Waals surface area contributed by atoms with Crippen molar-refractivity contribution in [2.24, 2.45) is 0 Å². The Morgan fingerprint density at radius 3 is 2.64 bits per heavy atom. The van der Waals surface area contributed by atoms with E-state index in [9.17, 15) is 4.79 Å². The third kappa shape index (κ3) is 3.76. The highest BCUT2D eigenvalue weighted by atomic mass is 32.1. The van der Waals surface area contributed by atoms with Gasteiger partial charge in [-0.3, -0.25) is 0 Å². The molecule has 0 spiro atoms. The summed E-state index contributed by atoms with van der Waals surface area (Å²) in [7, 11) is 0. The molecule has 0 heterocycles. The van der Waals surface area contributed by atoms with Crippen LogP contribution in [0.4, 0.5) is 5.69 Å². The van der Waals surface area contributed by atoms with Crippen molar-refractivity contribution < 1.29 is 4.79 Å². The molecule has 0 aliphatic rings. The lowest BCUT2D eigenvalue weighted by atomic mass is 10.3. The van der Waals surface area contributed by atoms with Crippen LogP contribution in [0.15, 0.2) is 30.3 Å². The minimum atomic E-state index is -0.571. The SMILES string of the molecule is O=CC(S)NC(=S)Nc1ccccc1. The van der Waals surface area contributed by atoms with E-state index in [1.54, 1.807) is 0 Å². The van der Waals surface area contributed by atoms with Gasteiger partial charge < -0.3 is 15.4 Å². The lowest BCUT2D eigenvalue weighted by Gasteiger charge is -2.11. The molecule has 14 heavy (non-hydrogen) atoms. The van der Waals surface area contributed by atoms with Crippen LogP contribution in [0.25, 0.3) is 0 Å². The standard InChI is InChI=1S/C9H10N2OS2/c12-6-8(13)11-9(14)10-7-4-2-1-3-5-7/h1-6,8,13H,(H2,10,11,14). The van der Waals surface area contributed by atoms with Crippen molar-refractivity contribution in [2.45, 2.75) is 5.37 Å². The van der Waals surface area contributed by atoms with Gasteiger partial charge in [-0.15, -0.1) is 12.6 Å². The molecule has 0 amide bonds. The van der Waals surface area contributed by atoms with Crippen molar-refractivity contribution in [2.75, 3.05) is 5.32 Å². The summed E-state index contributed by atoms with van der Waals surface area (Å²) < 4.78 is 0. The summed E-state index contributed by atoms with van der Waals surface area (Å²) in [5, 5.41) is 5.42. The molecule has 0 aromatic heterocycles. The number of anilines is 1. The fourth-order valence-corrected chi connectivity index (χ4v) is 1.32. The second-order valence-electron chi connectivity index (χ2n) is 2.55. The van der Waals surface area contributed by atoms with E-state index in [1.807, 2.05) is 30.3 Å². The smallest absolute Gasteiger partial charge is 0.171 e. The predicted molar refractivity (Wildman–Crippen MR) is 64.6 cm³/mol. The van der Waals surface area contributed by atoms with Gasteiger partial charge in [-0.2, -0.15) is 0 Å². The fourth-order valence-electron chi connectivity index (χ4n) is 0.857. The second-order valence-corrected chi connectivity index (χ2v) is 3.51. The first kappa shape index (κ1) is 11.0. The van der Waals surface area contributed by atoms with Crippen molar-refractivity contribution in [3.8, 4) is 0 Å². The molecule has 1 unspecified atom stereocenters. The molecule has 0 fully saturated rings. The minimum Gasteiger partial charge on any atom is -0.344 e. The van der Waals surface area contributed by atoms with Crippen molar-refractivity contribution >= 4 is 41.9 Å². The third-order valence-corrected chi connectivity index (χ3v) is 1.91. The number of para-hydroxylation sites is 1. The van der Waals surface area contributed by atoms with Crippen LogP contribution in [0.2, 0.25) is 0 Å². The Balaban J connectivity index is 2.46. The number of hydrogen-bond donors (Lipinski definition) is 3.